The minimum atomic E-state index is -0.872. The second-order valence-corrected chi connectivity index (χ2v) is 2.68. The van der Waals surface area contributed by atoms with Crippen LogP contribution in [0.2, 0.25) is 0 Å². The van der Waals surface area contributed by atoms with Crippen molar-refractivity contribution in [2.45, 2.75) is 6.04 Å². The zero-order chi connectivity index (χ0) is 10.0. The molecule has 0 aliphatic rings. The summed E-state index contributed by atoms with van der Waals surface area (Å²) in [6.45, 7) is -0.415. The van der Waals surface area contributed by atoms with Gasteiger partial charge in [-0.15, -0.1) is 0 Å². The van der Waals surface area contributed by atoms with Crippen molar-refractivity contribution in [1.29, 1.82) is 0 Å². The molecular formula is C8H10F2N2O. The molecule has 72 valence electrons. The summed E-state index contributed by atoms with van der Waals surface area (Å²) < 4.78 is 25.6. The summed E-state index contributed by atoms with van der Waals surface area (Å²) in [6.07, 6.45) is 0. The lowest BCUT2D eigenvalue weighted by Gasteiger charge is -2.10. The van der Waals surface area contributed by atoms with Gasteiger partial charge in [0, 0.05) is 11.6 Å². The Morgan fingerprint density at radius 2 is 1.92 bits per heavy atom. The molecule has 1 aromatic rings. The smallest absolute Gasteiger partial charge is 0.149 e. The summed E-state index contributed by atoms with van der Waals surface area (Å²) in [5, 5.41) is 8.65. The summed E-state index contributed by atoms with van der Waals surface area (Å²) >= 11 is 0. The number of nitrogens with two attached hydrogens (primary N) is 2. The molecule has 0 aliphatic heterocycles. The SMILES string of the molecule is Nc1cc(C(N)CO)c(F)cc1F. The number of nitrogen functional groups attached to an aromatic ring is 1. The molecule has 0 bridgehead atoms. The average Bonchev–Trinajstić information content (AvgIpc) is 2.10. The molecule has 1 unspecified atom stereocenters. The van der Waals surface area contributed by atoms with Crippen molar-refractivity contribution < 1.29 is 13.9 Å². The highest BCUT2D eigenvalue weighted by Gasteiger charge is 2.13. The maximum Gasteiger partial charge on any atom is 0.149 e. The van der Waals surface area contributed by atoms with Gasteiger partial charge in [-0.2, -0.15) is 0 Å². The molecule has 0 amide bonds. The molecule has 5 N–H and O–H groups in total. The highest BCUT2D eigenvalue weighted by atomic mass is 19.1. The van der Waals surface area contributed by atoms with Gasteiger partial charge in [-0.1, -0.05) is 0 Å². The topological polar surface area (TPSA) is 72.3 Å². The number of anilines is 1. The van der Waals surface area contributed by atoms with Crippen LogP contribution in [-0.4, -0.2) is 11.7 Å². The Labute approximate surface area is 74.0 Å². The van der Waals surface area contributed by atoms with Gasteiger partial charge in [0.15, 0.2) is 0 Å². The molecule has 0 fully saturated rings. The van der Waals surface area contributed by atoms with Crippen LogP contribution in [0.4, 0.5) is 14.5 Å². The standard InChI is InChI=1S/C8H10F2N2O/c9-5-2-6(10)7(11)1-4(5)8(12)3-13/h1-2,8,13H,3,11-12H2. The fourth-order valence-corrected chi connectivity index (χ4v) is 0.966. The predicted octanol–water partition coefficient (Wildman–Crippen LogP) is 0.539. The molecule has 5 heteroatoms. The molecule has 13 heavy (non-hydrogen) atoms. The van der Waals surface area contributed by atoms with E-state index in [1.807, 2.05) is 0 Å². The van der Waals surface area contributed by atoms with Crippen molar-refractivity contribution in [2.24, 2.45) is 5.73 Å². The van der Waals surface area contributed by atoms with Crippen LogP contribution in [0.5, 0.6) is 0 Å². The third-order valence-corrected chi connectivity index (χ3v) is 1.71. The van der Waals surface area contributed by atoms with Gasteiger partial charge in [-0.3, -0.25) is 0 Å². The Kier molecular flexibility index (Phi) is 2.79. The molecule has 1 rings (SSSR count). The van der Waals surface area contributed by atoms with Gasteiger partial charge in [0.2, 0.25) is 0 Å². The monoisotopic (exact) mass is 188 g/mol. The highest BCUT2D eigenvalue weighted by molar-refractivity contribution is 5.44. The van der Waals surface area contributed by atoms with E-state index in [-0.39, 0.29) is 11.3 Å². The van der Waals surface area contributed by atoms with Crippen molar-refractivity contribution in [3.05, 3.63) is 29.3 Å². The molecule has 0 saturated heterocycles. The van der Waals surface area contributed by atoms with Crippen LogP contribution in [0.3, 0.4) is 0 Å². The third kappa shape index (κ3) is 1.93. The summed E-state index contributed by atoms with van der Waals surface area (Å²) in [5.74, 6) is -1.63. The van der Waals surface area contributed by atoms with Gasteiger partial charge in [-0.25, -0.2) is 8.78 Å². The molecule has 0 heterocycles. The van der Waals surface area contributed by atoms with Crippen LogP contribution in [0.25, 0.3) is 0 Å². The molecule has 3 nitrogen and oxygen atoms in total. The summed E-state index contributed by atoms with van der Waals surface area (Å²) in [5.41, 5.74) is 10.4. The van der Waals surface area contributed by atoms with E-state index in [0.29, 0.717) is 6.07 Å². The van der Waals surface area contributed by atoms with Crippen molar-refractivity contribution in [2.75, 3.05) is 12.3 Å². The molecule has 0 aliphatic carbocycles. The lowest BCUT2D eigenvalue weighted by atomic mass is 10.1. The zero-order valence-electron chi connectivity index (χ0n) is 6.80. The summed E-state index contributed by atoms with van der Waals surface area (Å²) in [4.78, 5) is 0. The Morgan fingerprint density at radius 1 is 1.31 bits per heavy atom. The van der Waals surface area contributed by atoms with Crippen LogP contribution >= 0.6 is 0 Å². The van der Waals surface area contributed by atoms with E-state index >= 15 is 0 Å². The molecule has 1 atom stereocenters. The Morgan fingerprint density at radius 3 is 2.46 bits per heavy atom. The Hall–Kier alpha value is -1.20. The first-order valence-corrected chi connectivity index (χ1v) is 3.67. The van der Waals surface area contributed by atoms with Crippen molar-refractivity contribution in [3.63, 3.8) is 0 Å². The van der Waals surface area contributed by atoms with Gasteiger partial charge < -0.3 is 16.6 Å². The normalized spacial score (nSPS) is 12.9. The van der Waals surface area contributed by atoms with Crippen molar-refractivity contribution >= 4 is 5.69 Å². The molecule has 1 aromatic carbocycles. The van der Waals surface area contributed by atoms with Crippen LogP contribution in [0.15, 0.2) is 12.1 Å². The van der Waals surface area contributed by atoms with Crippen LogP contribution in [0, 0.1) is 11.6 Å². The number of hydrogen-bond donors (Lipinski definition) is 3. The van der Waals surface area contributed by atoms with Gasteiger partial charge >= 0.3 is 0 Å². The second kappa shape index (κ2) is 3.68. The first-order valence-electron chi connectivity index (χ1n) is 3.67. The maximum atomic E-state index is 13.0. The van der Waals surface area contributed by atoms with Gasteiger partial charge in [-0.05, 0) is 6.07 Å². The number of benzene rings is 1. The molecule has 0 spiro atoms. The van der Waals surface area contributed by atoms with E-state index in [9.17, 15) is 8.78 Å². The van der Waals surface area contributed by atoms with E-state index in [0.717, 1.165) is 6.07 Å². The van der Waals surface area contributed by atoms with E-state index < -0.39 is 24.3 Å². The van der Waals surface area contributed by atoms with Crippen LogP contribution in [0.1, 0.15) is 11.6 Å². The first kappa shape index (κ1) is 9.88. The molecule has 0 radical (unpaired) electrons. The fraction of sp³-hybridized carbons (Fsp3) is 0.250. The predicted molar refractivity (Wildman–Crippen MR) is 44.8 cm³/mol. The Balaban J connectivity index is 3.15. The lowest BCUT2D eigenvalue weighted by molar-refractivity contribution is 0.265. The van der Waals surface area contributed by atoms with E-state index in [1.165, 1.54) is 0 Å². The highest BCUT2D eigenvalue weighted by Crippen LogP contribution is 2.20. The number of hydrogen-bond acceptors (Lipinski definition) is 3. The molecule has 0 saturated carbocycles. The van der Waals surface area contributed by atoms with Crippen molar-refractivity contribution in [3.8, 4) is 0 Å². The van der Waals surface area contributed by atoms with Crippen molar-refractivity contribution in [1.82, 2.24) is 0 Å². The summed E-state index contributed by atoms with van der Waals surface area (Å²) in [7, 11) is 0. The quantitative estimate of drug-likeness (QED) is 0.593. The zero-order valence-corrected chi connectivity index (χ0v) is 6.80. The maximum absolute atomic E-state index is 13.0. The fourth-order valence-electron chi connectivity index (χ4n) is 0.966. The number of halogens is 2. The van der Waals surface area contributed by atoms with E-state index in [1.54, 1.807) is 0 Å². The second-order valence-electron chi connectivity index (χ2n) is 2.68. The third-order valence-electron chi connectivity index (χ3n) is 1.71. The number of aliphatic hydroxyl groups excluding tert-OH is 1. The lowest BCUT2D eigenvalue weighted by Crippen LogP contribution is -2.16. The van der Waals surface area contributed by atoms with E-state index in [4.69, 9.17) is 16.6 Å². The minimum absolute atomic E-state index is 0.0152. The first-order chi connectivity index (χ1) is 6.06. The number of aliphatic hydroxyl groups is 1. The average molecular weight is 188 g/mol. The van der Waals surface area contributed by atoms with Gasteiger partial charge in [0.25, 0.3) is 0 Å². The molecule has 0 aromatic heterocycles. The van der Waals surface area contributed by atoms with Crippen LogP contribution in [-0.2, 0) is 0 Å². The number of rotatable bonds is 2. The summed E-state index contributed by atoms with van der Waals surface area (Å²) in [6, 6.07) is 0.869. The minimum Gasteiger partial charge on any atom is -0.396 e. The Bertz CT molecular complexity index is 317. The van der Waals surface area contributed by atoms with Gasteiger partial charge in [0.1, 0.15) is 11.6 Å². The largest absolute Gasteiger partial charge is 0.396 e. The van der Waals surface area contributed by atoms with Crippen LogP contribution < -0.4 is 11.5 Å². The molecular weight excluding hydrogens is 178 g/mol. The van der Waals surface area contributed by atoms with Gasteiger partial charge in [0.05, 0.1) is 18.3 Å². The van der Waals surface area contributed by atoms with E-state index in [2.05, 4.69) is 0 Å².